The minimum Gasteiger partial charge on any atom is -0.392 e. The fourth-order valence-electron chi connectivity index (χ4n) is 1.42. The molecule has 0 amide bonds. The quantitative estimate of drug-likeness (QED) is 0.766. The summed E-state index contributed by atoms with van der Waals surface area (Å²) in [6, 6.07) is 0.165. The van der Waals surface area contributed by atoms with Crippen molar-refractivity contribution in [2.24, 2.45) is 13.0 Å². The van der Waals surface area contributed by atoms with Gasteiger partial charge >= 0.3 is 0 Å². The molecule has 0 aliphatic heterocycles. The van der Waals surface area contributed by atoms with E-state index >= 15 is 0 Å². The first-order valence-electron chi connectivity index (χ1n) is 5.41. The molecule has 0 fully saturated rings. The van der Waals surface area contributed by atoms with Gasteiger partial charge in [-0.05, 0) is 12.8 Å². The second-order valence-electron chi connectivity index (χ2n) is 4.34. The van der Waals surface area contributed by atoms with Crippen LogP contribution < -0.4 is 5.32 Å². The summed E-state index contributed by atoms with van der Waals surface area (Å²) >= 11 is 0. The summed E-state index contributed by atoms with van der Waals surface area (Å²) in [5.74, 6) is 1.28. The molecule has 1 heterocycles. The van der Waals surface area contributed by atoms with Gasteiger partial charge in [-0.1, -0.05) is 13.8 Å². The largest absolute Gasteiger partial charge is 0.392 e. The van der Waals surface area contributed by atoms with Crippen molar-refractivity contribution in [3.8, 4) is 0 Å². The van der Waals surface area contributed by atoms with E-state index in [1.807, 2.05) is 31.7 Å². The number of aliphatic hydroxyl groups excluding tert-OH is 1. The lowest BCUT2D eigenvalue weighted by Gasteiger charge is -2.19. The molecule has 86 valence electrons. The zero-order chi connectivity index (χ0) is 11.4. The molecule has 4 nitrogen and oxygen atoms in total. The van der Waals surface area contributed by atoms with Gasteiger partial charge in [-0.2, -0.15) is 0 Å². The Hall–Kier alpha value is -0.870. The summed E-state index contributed by atoms with van der Waals surface area (Å²) in [5.41, 5.74) is 0. The Morgan fingerprint density at radius 1 is 1.47 bits per heavy atom. The van der Waals surface area contributed by atoms with Crippen molar-refractivity contribution in [3.63, 3.8) is 0 Å². The minimum absolute atomic E-state index is 0.165. The van der Waals surface area contributed by atoms with Crippen LogP contribution in [0, 0.1) is 5.92 Å². The molecule has 0 saturated heterocycles. The number of aromatic nitrogens is 2. The zero-order valence-electron chi connectivity index (χ0n) is 9.94. The molecule has 0 aliphatic carbocycles. The predicted molar refractivity (Wildman–Crippen MR) is 60.5 cm³/mol. The van der Waals surface area contributed by atoms with Crippen molar-refractivity contribution < 1.29 is 5.11 Å². The Morgan fingerprint density at radius 2 is 2.13 bits per heavy atom. The molecule has 0 aliphatic rings. The SMILES string of the molecule is CC(NCC(O)C(C)C)c1nccn1C. The number of aliphatic hydroxyl groups is 1. The third kappa shape index (κ3) is 3.32. The monoisotopic (exact) mass is 211 g/mol. The number of imidazole rings is 1. The van der Waals surface area contributed by atoms with E-state index in [0.717, 1.165) is 5.82 Å². The van der Waals surface area contributed by atoms with E-state index in [1.54, 1.807) is 6.20 Å². The molecular weight excluding hydrogens is 190 g/mol. The van der Waals surface area contributed by atoms with Gasteiger partial charge in [0.2, 0.25) is 0 Å². The highest BCUT2D eigenvalue weighted by Crippen LogP contribution is 2.09. The van der Waals surface area contributed by atoms with E-state index in [9.17, 15) is 5.11 Å². The highest BCUT2D eigenvalue weighted by atomic mass is 16.3. The van der Waals surface area contributed by atoms with Gasteiger partial charge in [-0.25, -0.2) is 4.98 Å². The molecule has 15 heavy (non-hydrogen) atoms. The van der Waals surface area contributed by atoms with Crippen LogP contribution in [-0.4, -0.2) is 27.3 Å². The van der Waals surface area contributed by atoms with Crippen LogP contribution in [0.1, 0.15) is 32.6 Å². The normalized spacial score (nSPS) is 15.6. The maximum atomic E-state index is 9.65. The summed E-state index contributed by atoms with van der Waals surface area (Å²) < 4.78 is 1.99. The number of nitrogens with zero attached hydrogens (tertiary/aromatic N) is 2. The summed E-state index contributed by atoms with van der Waals surface area (Å²) in [5, 5.41) is 12.9. The molecule has 2 unspecified atom stereocenters. The van der Waals surface area contributed by atoms with Gasteiger partial charge < -0.3 is 15.0 Å². The molecule has 0 radical (unpaired) electrons. The van der Waals surface area contributed by atoms with Crippen LogP contribution >= 0.6 is 0 Å². The van der Waals surface area contributed by atoms with Crippen molar-refractivity contribution in [2.75, 3.05) is 6.54 Å². The molecule has 1 aromatic heterocycles. The molecular formula is C11H21N3O. The van der Waals surface area contributed by atoms with Gasteiger partial charge in [-0.3, -0.25) is 0 Å². The summed E-state index contributed by atoms with van der Waals surface area (Å²) in [4.78, 5) is 4.26. The molecule has 1 rings (SSSR count). The highest BCUT2D eigenvalue weighted by molar-refractivity contribution is 4.97. The summed E-state index contributed by atoms with van der Waals surface area (Å²) in [6.45, 7) is 6.68. The maximum Gasteiger partial charge on any atom is 0.125 e. The predicted octanol–water partition coefficient (Wildman–Crippen LogP) is 1.09. The molecule has 0 spiro atoms. The lowest BCUT2D eigenvalue weighted by molar-refractivity contribution is 0.120. The van der Waals surface area contributed by atoms with Crippen LogP contribution in [0.25, 0.3) is 0 Å². The Balaban J connectivity index is 2.43. The summed E-state index contributed by atoms with van der Waals surface area (Å²) in [7, 11) is 1.97. The number of rotatable bonds is 5. The Morgan fingerprint density at radius 3 is 2.60 bits per heavy atom. The Bertz CT molecular complexity index is 296. The van der Waals surface area contributed by atoms with Crippen molar-refractivity contribution in [1.82, 2.24) is 14.9 Å². The molecule has 0 bridgehead atoms. The van der Waals surface area contributed by atoms with Crippen LogP contribution in [0.5, 0.6) is 0 Å². The van der Waals surface area contributed by atoms with Crippen molar-refractivity contribution in [1.29, 1.82) is 0 Å². The highest BCUT2D eigenvalue weighted by Gasteiger charge is 2.13. The smallest absolute Gasteiger partial charge is 0.125 e. The fourth-order valence-corrected chi connectivity index (χ4v) is 1.42. The molecule has 0 aromatic carbocycles. The van der Waals surface area contributed by atoms with E-state index in [4.69, 9.17) is 0 Å². The minimum atomic E-state index is -0.298. The lowest BCUT2D eigenvalue weighted by atomic mass is 10.1. The standard InChI is InChI=1S/C11H21N3O/c1-8(2)10(15)7-13-9(3)11-12-5-6-14(11)4/h5-6,8-10,13,15H,7H2,1-4H3. The topological polar surface area (TPSA) is 50.1 Å². The van der Waals surface area contributed by atoms with Gasteiger partial charge in [0.25, 0.3) is 0 Å². The van der Waals surface area contributed by atoms with Crippen LogP contribution in [-0.2, 0) is 7.05 Å². The first kappa shape index (κ1) is 12.2. The number of hydrogen-bond donors (Lipinski definition) is 2. The van der Waals surface area contributed by atoms with Crippen molar-refractivity contribution in [2.45, 2.75) is 32.9 Å². The molecule has 2 atom stereocenters. The van der Waals surface area contributed by atoms with Crippen LogP contribution in [0.4, 0.5) is 0 Å². The number of hydrogen-bond acceptors (Lipinski definition) is 3. The molecule has 0 saturated carbocycles. The van der Waals surface area contributed by atoms with E-state index in [1.165, 1.54) is 0 Å². The molecule has 4 heteroatoms. The first-order valence-corrected chi connectivity index (χ1v) is 5.41. The van der Waals surface area contributed by atoms with Gasteiger partial charge in [0, 0.05) is 26.0 Å². The Kier molecular flexibility index (Phi) is 4.29. The number of nitrogens with one attached hydrogen (secondary N) is 1. The van der Waals surface area contributed by atoms with Gasteiger partial charge in [0.1, 0.15) is 5.82 Å². The average molecular weight is 211 g/mol. The van der Waals surface area contributed by atoms with Crippen molar-refractivity contribution >= 4 is 0 Å². The Labute approximate surface area is 91.3 Å². The van der Waals surface area contributed by atoms with Gasteiger partial charge in [0.05, 0.1) is 12.1 Å². The zero-order valence-corrected chi connectivity index (χ0v) is 9.94. The second-order valence-corrected chi connectivity index (χ2v) is 4.34. The number of aryl methyl sites for hydroxylation is 1. The van der Waals surface area contributed by atoms with Gasteiger partial charge in [0.15, 0.2) is 0 Å². The average Bonchev–Trinajstić information content (AvgIpc) is 2.60. The van der Waals surface area contributed by atoms with Crippen LogP contribution in [0.15, 0.2) is 12.4 Å². The van der Waals surface area contributed by atoms with E-state index in [2.05, 4.69) is 17.2 Å². The van der Waals surface area contributed by atoms with E-state index in [0.29, 0.717) is 6.54 Å². The second kappa shape index (κ2) is 5.28. The van der Waals surface area contributed by atoms with Crippen LogP contribution in [0.3, 0.4) is 0 Å². The first-order chi connectivity index (χ1) is 7.02. The third-order valence-electron chi connectivity index (χ3n) is 2.65. The maximum absolute atomic E-state index is 9.65. The lowest BCUT2D eigenvalue weighted by Crippen LogP contribution is -2.33. The van der Waals surface area contributed by atoms with E-state index in [-0.39, 0.29) is 18.1 Å². The van der Waals surface area contributed by atoms with Crippen LogP contribution in [0.2, 0.25) is 0 Å². The molecule has 1 aromatic rings. The van der Waals surface area contributed by atoms with Gasteiger partial charge in [-0.15, -0.1) is 0 Å². The fraction of sp³-hybridized carbons (Fsp3) is 0.727. The third-order valence-corrected chi connectivity index (χ3v) is 2.65. The van der Waals surface area contributed by atoms with E-state index < -0.39 is 0 Å². The van der Waals surface area contributed by atoms with Crippen molar-refractivity contribution in [3.05, 3.63) is 18.2 Å². The molecule has 2 N–H and O–H groups in total. The summed E-state index contributed by atoms with van der Waals surface area (Å²) in [6.07, 6.45) is 3.41.